The molecule has 1 fully saturated rings. The van der Waals surface area contributed by atoms with E-state index < -0.39 is 15.9 Å². The molecule has 8 nitrogen and oxygen atoms in total. The summed E-state index contributed by atoms with van der Waals surface area (Å²) in [6.45, 7) is 5.84. The van der Waals surface area contributed by atoms with Crippen LogP contribution in [0.4, 0.5) is 5.69 Å². The quantitative estimate of drug-likeness (QED) is 0.534. The van der Waals surface area contributed by atoms with Gasteiger partial charge in [0, 0.05) is 43.8 Å². The van der Waals surface area contributed by atoms with Crippen LogP contribution in [0.15, 0.2) is 41.3 Å². The Labute approximate surface area is 205 Å². The normalized spacial score (nSPS) is 19.4. The van der Waals surface area contributed by atoms with Crippen LogP contribution < -0.4 is 14.4 Å². The monoisotopic (exact) mass is 505 g/mol. The Kier molecular flexibility index (Phi) is 6.59. The fourth-order valence-electron chi connectivity index (χ4n) is 4.77. The topological polar surface area (TPSA) is 79.4 Å². The second-order valence-corrected chi connectivity index (χ2v) is 11.0. The lowest BCUT2D eigenvalue weighted by Gasteiger charge is -2.37. The SMILES string of the molecule is O=C1c2ccccc2S(=O)(=O)N1CCCCCN1CCN(c2cc(Cl)cc3c2OCCO3)CC1. The van der Waals surface area contributed by atoms with Gasteiger partial charge in [0.1, 0.15) is 18.1 Å². The molecule has 0 spiro atoms. The number of anilines is 1. The van der Waals surface area contributed by atoms with E-state index in [4.69, 9.17) is 21.1 Å². The Morgan fingerprint density at radius 1 is 0.912 bits per heavy atom. The summed E-state index contributed by atoms with van der Waals surface area (Å²) in [5, 5.41) is 0.642. The number of piperazine rings is 1. The van der Waals surface area contributed by atoms with E-state index in [-0.39, 0.29) is 17.0 Å². The number of ether oxygens (including phenoxy) is 2. The Morgan fingerprint density at radius 2 is 1.65 bits per heavy atom. The van der Waals surface area contributed by atoms with E-state index in [2.05, 4.69) is 9.80 Å². The molecule has 0 N–H and O–H groups in total. The molecule has 0 unspecified atom stereocenters. The van der Waals surface area contributed by atoms with Gasteiger partial charge in [-0.3, -0.25) is 9.69 Å². The number of fused-ring (bicyclic) bond motifs is 2. The van der Waals surface area contributed by atoms with Crippen molar-refractivity contribution in [1.82, 2.24) is 9.21 Å². The van der Waals surface area contributed by atoms with E-state index in [0.29, 0.717) is 30.4 Å². The third kappa shape index (κ3) is 4.44. The zero-order valence-corrected chi connectivity index (χ0v) is 20.5. The van der Waals surface area contributed by atoms with Gasteiger partial charge < -0.3 is 14.4 Å². The van der Waals surface area contributed by atoms with Crippen molar-refractivity contribution < 1.29 is 22.7 Å². The van der Waals surface area contributed by atoms with Gasteiger partial charge in [-0.05, 0) is 37.6 Å². The number of sulfonamides is 1. The summed E-state index contributed by atoms with van der Waals surface area (Å²) in [7, 11) is -3.71. The maximum Gasteiger partial charge on any atom is 0.269 e. The fourth-order valence-corrected chi connectivity index (χ4v) is 6.58. The minimum Gasteiger partial charge on any atom is -0.486 e. The van der Waals surface area contributed by atoms with E-state index in [1.807, 2.05) is 6.07 Å². The van der Waals surface area contributed by atoms with Crippen LogP contribution in [-0.4, -0.2) is 76.0 Å². The summed E-state index contributed by atoms with van der Waals surface area (Å²) < 4.78 is 37.8. The van der Waals surface area contributed by atoms with Gasteiger partial charge in [0.05, 0.1) is 11.3 Å². The highest BCUT2D eigenvalue weighted by molar-refractivity contribution is 7.90. The minimum absolute atomic E-state index is 0.121. The van der Waals surface area contributed by atoms with Gasteiger partial charge in [0.25, 0.3) is 15.9 Å². The van der Waals surface area contributed by atoms with Gasteiger partial charge in [0.2, 0.25) is 0 Å². The highest BCUT2D eigenvalue weighted by Gasteiger charge is 2.40. The van der Waals surface area contributed by atoms with Crippen molar-refractivity contribution in [3.05, 3.63) is 47.0 Å². The number of benzene rings is 2. The van der Waals surface area contributed by atoms with Crippen molar-refractivity contribution in [2.75, 3.05) is 57.4 Å². The molecule has 0 bridgehead atoms. The first kappa shape index (κ1) is 23.3. The van der Waals surface area contributed by atoms with Gasteiger partial charge in [-0.15, -0.1) is 0 Å². The molecule has 10 heteroatoms. The lowest BCUT2D eigenvalue weighted by atomic mass is 10.2. The maximum atomic E-state index is 12.6. The molecule has 1 amide bonds. The summed E-state index contributed by atoms with van der Waals surface area (Å²) in [6.07, 6.45) is 2.48. The van der Waals surface area contributed by atoms with Crippen LogP contribution in [0.3, 0.4) is 0 Å². The molecular formula is C24H28ClN3O5S. The van der Waals surface area contributed by atoms with E-state index in [9.17, 15) is 13.2 Å². The fraction of sp³-hybridized carbons (Fsp3) is 0.458. The predicted molar refractivity (Wildman–Crippen MR) is 130 cm³/mol. The Bertz CT molecular complexity index is 1180. The molecule has 2 aromatic rings. The molecule has 0 aromatic heterocycles. The molecule has 182 valence electrons. The predicted octanol–water partition coefficient (Wildman–Crippen LogP) is 3.25. The van der Waals surface area contributed by atoms with Crippen LogP contribution in [0, 0.1) is 0 Å². The number of nitrogens with zero attached hydrogens (tertiary/aromatic N) is 3. The first-order chi connectivity index (χ1) is 16.4. The van der Waals surface area contributed by atoms with Crippen LogP contribution in [0.25, 0.3) is 0 Å². The second kappa shape index (κ2) is 9.64. The van der Waals surface area contributed by atoms with Crippen LogP contribution in [0.1, 0.15) is 29.6 Å². The molecule has 5 rings (SSSR count). The van der Waals surface area contributed by atoms with Crippen molar-refractivity contribution >= 4 is 33.2 Å². The van der Waals surface area contributed by atoms with Crippen molar-refractivity contribution in [3.63, 3.8) is 0 Å². The number of carbonyl (C=O) groups is 1. The summed E-state index contributed by atoms with van der Waals surface area (Å²) in [5.41, 5.74) is 1.26. The maximum absolute atomic E-state index is 12.6. The van der Waals surface area contributed by atoms with Gasteiger partial charge in [-0.2, -0.15) is 0 Å². The number of unbranched alkanes of at least 4 members (excludes halogenated alkanes) is 2. The van der Waals surface area contributed by atoms with Crippen LogP contribution >= 0.6 is 11.6 Å². The summed E-state index contributed by atoms with van der Waals surface area (Å²) in [4.78, 5) is 17.3. The van der Waals surface area contributed by atoms with Gasteiger partial charge in [-0.1, -0.05) is 30.2 Å². The second-order valence-electron chi connectivity index (χ2n) is 8.72. The van der Waals surface area contributed by atoms with Crippen LogP contribution in [0.5, 0.6) is 11.5 Å². The lowest BCUT2D eigenvalue weighted by molar-refractivity contribution is 0.0869. The Hall–Kier alpha value is -2.49. The largest absolute Gasteiger partial charge is 0.486 e. The Morgan fingerprint density at radius 3 is 2.44 bits per heavy atom. The van der Waals surface area contributed by atoms with E-state index in [1.165, 1.54) is 6.07 Å². The lowest BCUT2D eigenvalue weighted by Crippen LogP contribution is -2.46. The van der Waals surface area contributed by atoms with E-state index >= 15 is 0 Å². The van der Waals surface area contributed by atoms with Gasteiger partial charge in [0.15, 0.2) is 11.5 Å². The molecule has 0 radical (unpaired) electrons. The average Bonchev–Trinajstić information content (AvgIpc) is 3.04. The number of halogens is 1. The summed E-state index contributed by atoms with van der Waals surface area (Å²) in [5.74, 6) is 1.07. The smallest absolute Gasteiger partial charge is 0.269 e. The van der Waals surface area contributed by atoms with E-state index in [1.54, 1.807) is 24.3 Å². The first-order valence-electron chi connectivity index (χ1n) is 11.7. The molecule has 0 aliphatic carbocycles. The molecule has 34 heavy (non-hydrogen) atoms. The summed E-state index contributed by atoms with van der Waals surface area (Å²) in [6, 6.07) is 10.2. The number of rotatable bonds is 7. The Balaban J connectivity index is 1.07. The molecular weight excluding hydrogens is 478 g/mol. The van der Waals surface area contributed by atoms with Gasteiger partial charge in [-0.25, -0.2) is 12.7 Å². The third-order valence-corrected chi connectivity index (χ3v) is 8.61. The number of carbonyl (C=O) groups excluding carboxylic acids is 1. The number of hydrogen-bond acceptors (Lipinski definition) is 7. The van der Waals surface area contributed by atoms with E-state index in [0.717, 1.165) is 61.3 Å². The number of amides is 1. The first-order valence-corrected chi connectivity index (χ1v) is 13.5. The minimum atomic E-state index is -3.71. The molecule has 3 aliphatic heterocycles. The summed E-state index contributed by atoms with van der Waals surface area (Å²) >= 11 is 6.29. The molecule has 0 atom stereocenters. The highest BCUT2D eigenvalue weighted by Crippen LogP contribution is 2.42. The van der Waals surface area contributed by atoms with Crippen LogP contribution in [0.2, 0.25) is 5.02 Å². The molecule has 3 aliphatic rings. The third-order valence-electron chi connectivity index (χ3n) is 6.55. The molecule has 1 saturated heterocycles. The zero-order valence-electron chi connectivity index (χ0n) is 18.9. The molecule has 3 heterocycles. The highest BCUT2D eigenvalue weighted by atomic mass is 35.5. The number of hydrogen-bond donors (Lipinski definition) is 0. The molecule has 2 aromatic carbocycles. The molecule has 0 saturated carbocycles. The zero-order chi connectivity index (χ0) is 23.7. The van der Waals surface area contributed by atoms with Crippen molar-refractivity contribution in [2.45, 2.75) is 24.2 Å². The van der Waals surface area contributed by atoms with Crippen molar-refractivity contribution in [2.24, 2.45) is 0 Å². The van der Waals surface area contributed by atoms with Crippen molar-refractivity contribution in [1.29, 1.82) is 0 Å². The standard InChI is InChI=1S/C24H28ClN3O5S/c25-18-16-20(23-21(17-18)32-14-15-33-23)27-12-10-26(11-13-27)8-4-1-5-9-28-24(29)19-6-2-3-7-22(19)34(28,30)31/h2-3,6-7,16-17H,1,4-5,8-15H2. The van der Waals surface area contributed by atoms with Crippen LogP contribution in [-0.2, 0) is 10.0 Å². The average molecular weight is 506 g/mol. The van der Waals surface area contributed by atoms with Crippen molar-refractivity contribution in [3.8, 4) is 11.5 Å². The van der Waals surface area contributed by atoms with Gasteiger partial charge >= 0.3 is 0 Å².